The van der Waals surface area contributed by atoms with Gasteiger partial charge in [0.15, 0.2) is 5.16 Å². The van der Waals surface area contributed by atoms with Crippen molar-refractivity contribution in [1.82, 2.24) is 14.9 Å². The van der Waals surface area contributed by atoms with Crippen LogP contribution >= 0.6 is 23.1 Å². The van der Waals surface area contributed by atoms with Gasteiger partial charge in [-0.25, -0.2) is 4.98 Å². The number of aryl methyl sites for hydroxylation is 2. The normalized spacial score (nSPS) is 11.0. The fourth-order valence-corrected chi connectivity index (χ4v) is 5.21. The summed E-state index contributed by atoms with van der Waals surface area (Å²) in [6, 6.07) is 17.0. The highest BCUT2D eigenvalue weighted by molar-refractivity contribution is 7.99. The van der Waals surface area contributed by atoms with Gasteiger partial charge < -0.3 is 10.1 Å². The number of rotatable bonds is 7. The van der Waals surface area contributed by atoms with Crippen molar-refractivity contribution in [2.45, 2.75) is 25.5 Å². The van der Waals surface area contributed by atoms with Crippen molar-refractivity contribution in [3.63, 3.8) is 0 Å². The van der Waals surface area contributed by atoms with Crippen LogP contribution < -0.4 is 15.6 Å². The zero-order valence-electron chi connectivity index (χ0n) is 18.0. The standard InChI is InChI=1S/C24H23N3O3S2/c1-15-16(2)32-22-21(15)23(29)27(18-7-5-4-6-8-18)24(26-22)31-14-20(28)25-13-17-9-11-19(30-3)12-10-17/h4-12H,13-14H2,1-3H3,(H,25,28). The lowest BCUT2D eigenvalue weighted by Gasteiger charge is -2.12. The molecule has 0 aliphatic rings. The first-order valence-electron chi connectivity index (χ1n) is 10.1. The van der Waals surface area contributed by atoms with Gasteiger partial charge in [-0.3, -0.25) is 14.2 Å². The molecule has 2 aromatic heterocycles. The molecular formula is C24H23N3O3S2. The number of hydrogen-bond donors (Lipinski definition) is 1. The molecule has 0 aliphatic carbocycles. The number of thioether (sulfide) groups is 1. The van der Waals surface area contributed by atoms with Crippen molar-refractivity contribution in [2.24, 2.45) is 0 Å². The summed E-state index contributed by atoms with van der Waals surface area (Å²) in [6.07, 6.45) is 0. The molecule has 0 saturated carbocycles. The summed E-state index contributed by atoms with van der Waals surface area (Å²) in [7, 11) is 1.62. The monoisotopic (exact) mass is 465 g/mol. The van der Waals surface area contributed by atoms with Gasteiger partial charge in [0.25, 0.3) is 5.56 Å². The summed E-state index contributed by atoms with van der Waals surface area (Å²) < 4.78 is 6.75. The van der Waals surface area contributed by atoms with Gasteiger partial charge in [-0.15, -0.1) is 11.3 Å². The van der Waals surface area contributed by atoms with Gasteiger partial charge in [0.05, 0.1) is 23.9 Å². The lowest BCUT2D eigenvalue weighted by molar-refractivity contribution is -0.118. The van der Waals surface area contributed by atoms with Crippen LogP contribution in [0.5, 0.6) is 5.75 Å². The minimum Gasteiger partial charge on any atom is -0.497 e. The van der Waals surface area contributed by atoms with E-state index >= 15 is 0 Å². The van der Waals surface area contributed by atoms with E-state index in [1.54, 1.807) is 11.7 Å². The Morgan fingerprint density at radius 1 is 1.12 bits per heavy atom. The second-order valence-corrected chi connectivity index (χ2v) is 9.39. The smallest absolute Gasteiger partial charge is 0.267 e. The number of benzene rings is 2. The van der Waals surface area contributed by atoms with E-state index in [4.69, 9.17) is 9.72 Å². The summed E-state index contributed by atoms with van der Waals surface area (Å²) in [5, 5.41) is 4.07. The average Bonchev–Trinajstić information content (AvgIpc) is 3.10. The Bertz CT molecular complexity index is 1310. The van der Waals surface area contributed by atoms with Crippen molar-refractivity contribution in [3.05, 3.63) is 81.0 Å². The number of fused-ring (bicyclic) bond motifs is 1. The molecule has 2 heterocycles. The van der Waals surface area contributed by atoms with Gasteiger partial charge in [-0.1, -0.05) is 42.1 Å². The van der Waals surface area contributed by atoms with Crippen LogP contribution in [0.1, 0.15) is 16.0 Å². The topological polar surface area (TPSA) is 73.2 Å². The molecule has 1 N–H and O–H groups in total. The zero-order chi connectivity index (χ0) is 22.7. The average molecular weight is 466 g/mol. The molecule has 0 aliphatic heterocycles. The number of para-hydroxylation sites is 1. The lowest BCUT2D eigenvalue weighted by Crippen LogP contribution is -2.26. The maximum Gasteiger partial charge on any atom is 0.267 e. The second kappa shape index (κ2) is 9.58. The quantitative estimate of drug-likeness (QED) is 0.322. The molecule has 164 valence electrons. The third-order valence-electron chi connectivity index (χ3n) is 5.17. The van der Waals surface area contributed by atoms with Crippen LogP contribution in [-0.2, 0) is 11.3 Å². The SMILES string of the molecule is COc1ccc(CNC(=O)CSc2nc3sc(C)c(C)c3c(=O)n2-c2ccccc2)cc1. The molecular weight excluding hydrogens is 442 g/mol. The maximum atomic E-state index is 13.4. The Morgan fingerprint density at radius 2 is 1.84 bits per heavy atom. The summed E-state index contributed by atoms with van der Waals surface area (Å²) in [5.41, 5.74) is 2.57. The van der Waals surface area contributed by atoms with Gasteiger partial charge in [-0.2, -0.15) is 0 Å². The molecule has 0 fully saturated rings. The third kappa shape index (κ3) is 4.56. The zero-order valence-corrected chi connectivity index (χ0v) is 19.7. The van der Waals surface area contributed by atoms with Gasteiger partial charge in [-0.05, 0) is 49.2 Å². The summed E-state index contributed by atoms with van der Waals surface area (Å²) >= 11 is 2.77. The molecule has 4 aromatic rings. The molecule has 0 spiro atoms. The van der Waals surface area contributed by atoms with Crippen molar-refractivity contribution in [1.29, 1.82) is 0 Å². The Hall–Kier alpha value is -3.10. The highest BCUT2D eigenvalue weighted by Crippen LogP contribution is 2.29. The Kier molecular flexibility index (Phi) is 6.62. The first-order chi connectivity index (χ1) is 15.5. The van der Waals surface area contributed by atoms with Gasteiger partial charge in [0.2, 0.25) is 5.91 Å². The van der Waals surface area contributed by atoms with E-state index in [9.17, 15) is 9.59 Å². The minimum absolute atomic E-state index is 0.107. The van der Waals surface area contributed by atoms with Crippen LogP contribution in [0.4, 0.5) is 0 Å². The summed E-state index contributed by atoms with van der Waals surface area (Å²) in [4.78, 5) is 32.4. The van der Waals surface area contributed by atoms with E-state index in [1.807, 2.05) is 68.4 Å². The minimum atomic E-state index is -0.127. The number of thiophene rings is 1. The molecule has 0 bridgehead atoms. The van der Waals surface area contributed by atoms with Crippen molar-refractivity contribution in [2.75, 3.05) is 12.9 Å². The van der Waals surface area contributed by atoms with Crippen LogP contribution in [0.15, 0.2) is 64.5 Å². The summed E-state index contributed by atoms with van der Waals surface area (Å²) in [6.45, 7) is 4.37. The van der Waals surface area contributed by atoms with Crippen LogP contribution in [-0.4, -0.2) is 28.3 Å². The molecule has 0 saturated heterocycles. The van der Waals surface area contributed by atoms with Crippen LogP contribution in [0, 0.1) is 13.8 Å². The molecule has 0 atom stereocenters. The van der Waals surface area contributed by atoms with E-state index in [1.165, 1.54) is 23.1 Å². The summed E-state index contributed by atoms with van der Waals surface area (Å²) in [5.74, 6) is 0.804. The highest BCUT2D eigenvalue weighted by Gasteiger charge is 2.18. The maximum absolute atomic E-state index is 13.4. The number of nitrogens with zero attached hydrogens (tertiary/aromatic N) is 2. The number of methoxy groups -OCH3 is 1. The van der Waals surface area contributed by atoms with Gasteiger partial charge in [0.1, 0.15) is 10.6 Å². The fraction of sp³-hybridized carbons (Fsp3) is 0.208. The molecule has 6 nitrogen and oxygen atoms in total. The van der Waals surface area contributed by atoms with Crippen molar-refractivity contribution >= 4 is 39.2 Å². The number of carbonyl (C=O) groups is 1. The first kappa shape index (κ1) is 22.1. The van der Waals surface area contributed by atoms with Gasteiger partial charge >= 0.3 is 0 Å². The number of amides is 1. The molecule has 32 heavy (non-hydrogen) atoms. The Morgan fingerprint density at radius 3 is 2.53 bits per heavy atom. The van der Waals surface area contributed by atoms with Crippen molar-refractivity contribution < 1.29 is 9.53 Å². The van der Waals surface area contributed by atoms with Crippen LogP contribution in [0.25, 0.3) is 15.9 Å². The van der Waals surface area contributed by atoms with Crippen molar-refractivity contribution in [3.8, 4) is 11.4 Å². The molecule has 8 heteroatoms. The number of ether oxygens (including phenoxy) is 1. The molecule has 4 rings (SSSR count). The van der Waals surface area contributed by atoms with Gasteiger partial charge in [0, 0.05) is 11.4 Å². The third-order valence-corrected chi connectivity index (χ3v) is 7.21. The fourth-order valence-electron chi connectivity index (χ4n) is 3.30. The first-order valence-corrected chi connectivity index (χ1v) is 11.9. The van der Waals surface area contributed by atoms with E-state index in [0.29, 0.717) is 21.9 Å². The van der Waals surface area contributed by atoms with Crippen LogP contribution in [0.2, 0.25) is 0 Å². The number of hydrogen-bond acceptors (Lipinski definition) is 6. The Labute approximate surface area is 194 Å². The number of aromatic nitrogens is 2. The van der Waals surface area contributed by atoms with E-state index < -0.39 is 0 Å². The van der Waals surface area contributed by atoms with E-state index in [2.05, 4.69) is 5.32 Å². The molecule has 0 unspecified atom stereocenters. The molecule has 0 radical (unpaired) electrons. The second-order valence-electron chi connectivity index (χ2n) is 7.25. The Balaban J connectivity index is 1.56. The lowest BCUT2D eigenvalue weighted by atomic mass is 10.2. The van der Waals surface area contributed by atoms with Crippen LogP contribution in [0.3, 0.4) is 0 Å². The highest BCUT2D eigenvalue weighted by atomic mass is 32.2. The molecule has 1 amide bonds. The van der Waals surface area contributed by atoms with E-state index in [0.717, 1.165) is 27.4 Å². The molecule has 2 aromatic carbocycles. The predicted octanol–water partition coefficient (Wildman–Crippen LogP) is 4.48. The number of nitrogens with one attached hydrogen (secondary N) is 1. The number of carbonyl (C=O) groups excluding carboxylic acids is 1. The van der Waals surface area contributed by atoms with E-state index in [-0.39, 0.29) is 17.2 Å². The largest absolute Gasteiger partial charge is 0.497 e. The predicted molar refractivity (Wildman–Crippen MR) is 130 cm³/mol.